The summed E-state index contributed by atoms with van der Waals surface area (Å²) < 4.78 is 20.5. The molecule has 0 spiro atoms. The van der Waals surface area contributed by atoms with Crippen LogP contribution in [-0.2, 0) is 13.5 Å². The minimum absolute atomic E-state index is 0.307. The van der Waals surface area contributed by atoms with E-state index in [2.05, 4.69) is 17.3 Å². The molecule has 1 aromatic heterocycles. The van der Waals surface area contributed by atoms with Crippen LogP contribution < -0.4 is 15.8 Å². The van der Waals surface area contributed by atoms with Gasteiger partial charge in [0.2, 0.25) is 0 Å². The van der Waals surface area contributed by atoms with Gasteiger partial charge < -0.3 is 15.8 Å². The molecule has 0 amide bonds. The van der Waals surface area contributed by atoms with Gasteiger partial charge in [0.25, 0.3) is 0 Å². The van der Waals surface area contributed by atoms with Crippen molar-refractivity contribution in [3.05, 3.63) is 29.7 Å². The summed E-state index contributed by atoms with van der Waals surface area (Å²) in [6.07, 6.45) is 1.75. The Labute approximate surface area is 117 Å². The standard InChI is InChI=1S/C14H19FN4O/c1-4-5-11-13(16)14(19(2)18-11)17-12-8-9(20-3)6-7-10(12)15/h6-8,17H,4-5,16H2,1-3H3. The first-order valence-electron chi connectivity index (χ1n) is 6.48. The van der Waals surface area contributed by atoms with Crippen LogP contribution >= 0.6 is 0 Å². The van der Waals surface area contributed by atoms with Crippen LogP contribution in [0.3, 0.4) is 0 Å². The van der Waals surface area contributed by atoms with E-state index in [1.165, 1.54) is 13.2 Å². The van der Waals surface area contributed by atoms with Crippen LogP contribution in [0.5, 0.6) is 5.75 Å². The highest BCUT2D eigenvalue weighted by Gasteiger charge is 2.14. The van der Waals surface area contributed by atoms with Crippen molar-refractivity contribution in [1.82, 2.24) is 9.78 Å². The number of aryl methyl sites for hydroxylation is 2. The van der Waals surface area contributed by atoms with Crippen LogP contribution in [-0.4, -0.2) is 16.9 Å². The number of hydrogen-bond donors (Lipinski definition) is 2. The molecule has 0 aliphatic carbocycles. The van der Waals surface area contributed by atoms with Gasteiger partial charge in [-0.3, -0.25) is 4.68 Å². The Balaban J connectivity index is 2.34. The third kappa shape index (κ3) is 2.68. The minimum atomic E-state index is -0.372. The third-order valence-corrected chi connectivity index (χ3v) is 3.07. The summed E-state index contributed by atoms with van der Waals surface area (Å²) in [4.78, 5) is 0. The molecule has 2 rings (SSSR count). The van der Waals surface area contributed by atoms with E-state index in [4.69, 9.17) is 10.5 Å². The Morgan fingerprint density at radius 2 is 2.20 bits per heavy atom. The van der Waals surface area contributed by atoms with Gasteiger partial charge in [0.1, 0.15) is 11.6 Å². The average molecular weight is 278 g/mol. The molecule has 0 radical (unpaired) electrons. The summed E-state index contributed by atoms with van der Waals surface area (Å²) in [5, 5.41) is 7.33. The molecule has 0 bridgehead atoms. The summed E-state index contributed by atoms with van der Waals surface area (Å²) in [7, 11) is 3.31. The highest BCUT2D eigenvalue weighted by molar-refractivity contribution is 5.72. The number of nitrogens with zero attached hydrogens (tertiary/aromatic N) is 2. The SMILES string of the molecule is CCCc1nn(C)c(Nc2cc(OC)ccc2F)c1N. The van der Waals surface area contributed by atoms with Crippen molar-refractivity contribution in [2.24, 2.45) is 7.05 Å². The maximum atomic E-state index is 13.8. The number of nitrogens with one attached hydrogen (secondary N) is 1. The van der Waals surface area contributed by atoms with Crippen LogP contribution in [0.2, 0.25) is 0 Å². The molecule has 1 heterocycles. The molecule has 0 saturated carbocycles. The summed E-state index contributed by atoms with van der Waals surface area (Å²) >= 11 is 0. The smallest absolute Gasteiger partial charge is 0.152 e. The first-order chi connectivity index (χ1) is 9.56. The lowest BCUT2D eigenvalue weighted by atomic mass is 10.2. The van der Waals surface area contributed by atoms with E-state index in [1.807, 2.05) is 0 Å². The van der Waals surface area contributed by atoms with Crippen molar-refractivity contribution >= 4 is 17.2 Å². The fourth-order valence-corrected chi connectivity index (χ4v) is 2.02. The number of hydrogen-bond acceptors (Lipinski definition) is 4. The number of nitrogen functional groups attached to an aromatic ring is 1. The number of anilines is 3. The molecule has 0 aliphatic heterocycles. The Hall–Kier alpha value is -2.24. The molecule has 2 aromatic rings. The predicted molar refractivity (Wildman–Crippen MR) is 77.9 cm³/mol. The number of aromatic nitrogens is 2. The number of benzene rings is 1. The molecule has 0 atom stereocenters. The van der Waals surface area contributed by atoms with Gasteiger partial charge in [0, 0.05) is 13.1 Å². The largest absolute Gasteiger partial charge is 0.497 e. The van der Waals surface area contributed by atoms with Crippen molar-refractivity contribution < 1.29 is 9.13 Å². The van der Waals surface area contributed by atoms with E-state index >= 15 is 0 Å². The minimum Gasteiger partial charge on any atom is -0.497 e. The van der Waals surface area contributed by atoms with Gasteiger partial charge in [0.15, 0.2) is 5.82 Å². The molecule has 1 aromatic carbocycles. The molecule has 0 aliphatic rings. The first-order valence-corrected chi connectivity index (χ1v) is 6.48. The second kappa shape index (κ2) is 5.81. The van der Waals surface area contributed by atoms with Crippen molar-refractivity contribution in [3.63, 3.8) is 0 Å². The molecule has 0 fully saturated rings. The highest BCUT2D eigenvalue weighted by atomic mass is 19.1. The molecule has 6 heteroatoms. The summed E-state index contributed by atoms with van der Waals surface area (Å²) in [5.74, 6) is 0.785. The average Bonchev–Trinajstić information content (AvgIpc) is 2.69. The molecule has 20 heavy (non-hydrogen) atoms. The van der Waals surface area contributed by atoms with Gasteiger partial charge in [-0.2, -0.15) is 5.10 Å². The van der Waals surface area contributed by atoms with Crippen LogP contribution in [0, 0.1) is 5.82 Å². The Morgan fingerprint density at radius 3 is 2.85 bits per heavy atom. The molecular weight excluding hydrogens is 259 g/mol. The second-order valence-corrected chi connectivity index (χ2v) is 4.55. The molecule has 5 nitrogen and oxygen atoms in total. The monoisotopic (exact) mass is 278 g/mol. The van der Waals surface area contributed by atoms with Gasteiger partial charge in [-0.05, 0) is 18.6 Å². The number of methoxy groups -OCH3 is 1. The molecule has 108 valence electrons. The van der Waals surface area contributed by atoms with E-state index in [0.29, 0.717) is 22.9 Å². The lowest BCUT2D eigenvalue weighted by molar-refractivity contribution is 0.414. The number of rotatable bonds is 5. The van der Waals surface area contributed by atoms with Crippen molar-refractivity contribution in [1.29, 1.82) is 0 Å². The maximum Gasteiger partial charge on any atom is 0.152 e. The third-order valence-electron chi connectivity index (χ3n) is 3.07. The molecule has 0 saturated heterocycles. The summed E-state index contributed by atoms with van der Waals surface area (Å²) in [6.45, 7) is 2.06. The number of ether oxygens (including phenoxy) is 1. The predicted octanol–water partition coefficient (Wildman–Crippen LogP) is 2.85. The highest BCUT2D eigenvalue weighted by Crippen LogP contribution is 2.29. The molecule has 0 unspecified atom stereocenters. The zero-order valence-electron chi connectivity index (χ0n) is 11.9. The van der Waals surface area contributed by atoms with Crippen molar-refractivity contribution in [2.45, 2.75) is 19.8 Å². The maximum absolute atomic E-state index is 13.8. The fourth-order valence-electron chi connectivity index (χ4n) is 2.02. The second-order valence-electron chi connectivity index (χ2n) is 4.55. The van der Waals surface area contributed by atoms with Crippen molar-refractivity contribution in [3.8, 4) is 5.75 Å². The number of halogens is 1. The van der Waals surface area contributed by atoms with Crippen LogP contribution in [0.1, 0.15) is 19.0 Å². The van der Waals surface area contributed by atoms with Gasteiger partial charge in [0.05, 0.1) is 24.2 Å². The zero-order valence-corrected chi connectivity index (χ0v) is 11.9. The van der Waals surface area contributed by atoms with E-state index in [0.717, 1.165) is 18.5 Å². The normalized spacial score (nSPS) is 10.6. The topological polar surface area (TPSA) is 65.1 Å². The first kappa shape index (κ1) is 14.2. The Bertz CT molecular complexity index is 609. The van der Waals surface area contributed by atoms with Gasteiger partial charge >= 0.3 is 0 Å². The van der Waals surface area contributed by atoms with E-state index < -0.39 is 0 Å². The van der Waals surface area contributed by atoms with E-state index in [9.17, 15) is 4.39 Å². The van der Waals surface area contributed by atoms with Gasteiger partial charge in [-0.25, -0.2) is 4.39 Å². The lowest BCUT2D eigenvalue weighted by Crippen LogP contribution is -2.03. The van der Waals surface area contributed by atoms with E-state index in [1.54, 1.807) is 23.9 Å². The van der Waals surface area contributed by atoms with E-state index in [-0.39, 0.29) is 5.82 Å². The fraction of sp³-hybridized carbons (Fsp3) is 0.357. The van der Waals surface area contributed by atoms with Gasteiger partial charge in [-0.15, -0.1) is 0 Å². The van der Waals surface area contributed by atoms with Crippen LogP contribution in [0.25, 0.3) is 0 Å². The Kier molecular flexibility index (Phi) is 4.12. The van der Waals surface area contributed by atoms with Crippen LogP contribution in [0.15, 0.2) is 18.2 Å². The van der Waals surface area contributed by atoms with Crippen LogP contribution in [0.4, 0.5) is 21.6 Å². The summed E-state index contributed by atoms with van der Waals surface area (Å²) in [5.41, 5.74) is 7.74. The summed E-state index contributed by atoms with van der Waals surface area (Å²) in [6, 6.07) is 4.50. The molecule has 3 N–H and O–H groups in total. The zero-order chi connectivity index (χ0) is 14.7. The van der Waals surface area contributed by atoms with Crippen molar-refractivity contribution in [2.75, 3.05) is 18.2 Å². The number of nitrogens with two attached hydrogens (primary N) is 1. The Morgan fingerprint density at radius 1 is 1.45 bits per heavy atom. The molecular formula is C14H19FN4O. The lowest BCUT2D eigenvalue weighted by Gasteiger charge is -2.10. The van der Waals surface area contributed by atoms with Gasteiger partial charge in [-0.1, -0.05) is 13.3 Å². The quantitative estimate of drug-likeness (QED) is 0.882.